The lowest BCUT2D eigenvalue weighted by Crippen LogP contribution is -2.50. The Kier molecular flexibility index (Phi) is 7.02. The number of carbonyl (C=O) groups excluding carboxylic acids is 1. The van der Waals surface area contributed by atoms with Crippen molar-refractivity contribution in [2.45, 2.75) is 55.6 Å². The molecule has 3 aromatic rings. The van der Waals surface area contributed by atoms with E-state index in [-0.39, 0.29) is 22.8 Å². The minimum absolute atomic E-state index is 0.0224. The summed E-state index contributed by atoms with van der Waals surface area (Å²) in [5.74, 6) is 0.129. The van der Waals surface area contributed by atoms with Gasteiger partial charge in [0.05, 0.1) is 16.2 Å². The Labute approximate surface area is 205 Å². The number of hydrogen-bond acceptors (Lipinski definition) is 5. The van der Waals surface area contributed by atoms with Crippen molar-refractivity contribution in [1.29, 1.82) is 0 Å². The molecule has 0 radical (unpaired) electrons. The summed E-state index contributed by atoms with van der Waals surface area (Å²) in [6, 6.07) is 18.2. The zero-order valence-electron chi connectivity index (χ0n) is 19.7. The number of hydrogen-bond donors (Lipinski definition) is 0. The third kappa shape index (κ3) is 4.91. The third-order valence-electron chi connectivity index (χ3n) is 7.03. The maximum Gasteiger partial charge on any atom is 0.262 e. The first kappa shape index (κ1) is 23.1. The van der Waals surface area contributed by atoms with Crippen molar-refractivity contribution >= 4 is 28.6 Å². The second kappa shape index (κ2) is 10.3. The smallest absolute Gasteiger partial charge is 0.262 e. The van der Waals surface area contributed by atoms with Gasteiger partial charge in [0.15, 0.2) is 5.16 Å². The van der Waals surface area contributed by atoms with Crippen molar-refractivity contribution in [3.05, 3.63) is 70.5 Å². The highest BCUT2D eigenvalue weighted by Crippen LogP contribution is 2.33. The Hall–Kier alpha value is -2.64. The fraction of sp³-hybridized carbons (Fsp3) is 0.444. The Morgan fingerprint density at radius 2 is 1.68 bits per heavy atom. The largest absolute Gasteiger partial charge is 0.339 e. The second-order valence-corrected chi connectivity index (χ2v) is 10.7. The number of benzene rings is 2. The minimum atomic E-state index is -0.290. The molecule has 1 amide bonds. The number of amides is 1. The average Bonchev–Trinajstić information content (AvgIpc) is 3.39. The summed E-state index contributed by atoms with van der Waals surface area (Å²) in [5.41, 5.74) is 2.03. The molecule has 1 saturated carbocycles. The SMILES string of the molecule is CC(Sc1nc2ccccc2c(=O)n1C1CCCC1)C(=O)N1CCN(Cc2ccccc2)CC1. The average molecular weight is 477 g/mol. The van der Waals surface area contributed by atoms with Gasteiger partial charge in [-0.15, -0.1) is 0 Å². The first-order chi connectivity index (χ1) is 16.6. The van der Waals surface area contributed by atoms with Gasteiger partial charge in [-0.3, -0.25) is 19.1 Å². The van der Waals surface area contributed by atoms with Gasteiger partial charge in [-0.05, 0) is 37.5 Å². The molecule has 1 aliphatic heterocycles. The molecule has 2 fully saturated rings. The maximum atomic E-state index is 13.4. The van der Waals surface area contributed by atoms with Crippen molar-refractivity contribution in [3.63, 3.8) is 0 Å². The predicted octanol–water partition coefficient (Wildman–Crippen LogP) is 4.34. The molecule has 0 spiro atoms. The van der Waals surface area contributed by atoms with Gasteiger partial charge in [0, 0.05) is 38.8 Å². The molecule has 2 aromatic carbocycles. The topological polar surface area (TPSA) is 58.4 Å². The van der Waals surface area contributed by atoms with Gasteiger partial charge in [0.2, 0.25) is 5.91 Å². The molecule has 1 aromatic heterocycles. The highest BCUT2D eigenvalue weighted by molar-refractivity contribution is 8.00. The highest BCUT2D eigenvalue weighted by atomic mass is 32.2. The summed E-state index contributed by atoms with van der Waals surface area (Å²) < 4.78 is 1.88. The molecule has 178 valence electrons. The molecule has 1 atom stereocenters. The Balaban J connectivity index is 1.29. The molecular formula is C27H32N4O2S. The molecule has 1 aliphatic carbocycles. The normalized spacial score (nSPS) is 18.4. The third-order valence-corrected chi connectivity index (χ3v) is 8.08. The van der Waals surface area contributed by atoms with E-state index in [1.807, 2.05) is 46.7 Å². The van der Waals surface area contributed by atoms with Crippen LogP contribution in [0, 0.1) is 0 Å². The van der Waals surface area contributed by atoms with Crippen molar-refractivity contribution < 1.29 is 4.79 Å². The molecule has 7 heteroatoms. The zero-order chi connectivity index (χ0) is 23.5. The zero-order valence-corrected chi connectivity index (χ0v) is 20.5. The molecule has 1 unspecified atom stereocenters. The van der Waals surface area contributed by atoms with E-state index >= 15 is 0 Å². The fourth-order valence-corrected chi connectivity index (χ4v) is 6.19. The van der Waals surface area contributed by atoms with Crippen LogP contribution in [0.25, 0.3) is 10.9 Å². The Morgan fingerprint density at radius 1 is 1.00 bits per heavy atom. The highest BCUT2D eigenvalue weighted by Gasteiger charge is 2.29. The number of para-hydroxylation sites is 1. The summed E-state index contributed by atoms with van der Waals surface area (Å²) in [7, 11) is 0. The Morgan fingerprint density at radius 3 is 2.41 bits per heavy atom. The van der Waals surface area contributed by atoms with Crippen molar-refractivity contribution in [2.75, 3.05) is 26.2 Å². The molecule has 0 bridgehead atoms. The van der Waals surface area contributed by atoms with Crippen LogP contribution in [0.4, 0.5) is 0 Å². The Bertz CT molecular complexity index is 1200. The van der Waals surface area contributed by atoms with Crippen LogP contribution in [0.1, 0.15) is 44.2 Å². The number of thioether (sulfide) groups is 1. The van der Waals surface area contributed by atoms with E-state index in [2.05, 4.69) is 29.2 Å². The van der Waals surface area contributed by atoms with Crippen LogP contribution in [-0.2, 0) is 11.3 Å². The molecule has 1 saturated heterocycles. The number of nitrogens with zero attached hydrogens (tertiary/aromatic N) is 4. The number of rotatable bonds is 6. The molecular weight excluding hydrogens is 444 g/mol. The first-order valence-electron chi connectivity index (χ1n) is 12.3. The van der Waals surface area contributed by atoms with Crippen molar-refractivity contribution in [2.24, 2.45) is 0 Å². The summed E-state index contributed by atoms with van der Waals surface area (Å²) in [5, 5.41) is 1.05. The van der Waals surface area contributed by atoms with E-state index in [4.69, 9.17) is 4.98 Å². The maximum absolute atomic E-state index is 13.4. The second-order valence-electron chi connectivity index (χ2n) is 9.37. The van der Waals surface area contributed by atoms with Gasteiger partial charge in [-0.25, -0.2) is 4.98 Å². The molecule has 0 N–H and O–H groups in total. The van der Waals surface area contributed by atoms with E-state index in [0.717, 1.165) is 58.4 Å². The number of piperazine rings is 1. The number of aromatic nitrogens is 2. The van der Waals surface area contributed by atoms with E-state index < -0.39 is 0 Å². The van der Waals surface area contributed by atoms with Gasteiger partial charge in [-0.1, -0.05) is 67.1 Å². The van der Waals surface area contributed by atoms with Gasteiger partial charge in [-0.2, -0.15) is 0 Å². The standard InChI is InChI=1S/C27H32N4O2S/c1-20(25(32)30-17-15-29(16-18-30)19-21-9-3-2-4-10-21)34-27-28-24-14-8-7-13-23(24)26(33)31(27)22-11-5-6-12-22/h2-4,7-10,13-14,20,22H,5-6,11-12,15-19H2,1H3. The van der Waals surface area contributed by atoms with Crippen LogP contribution >= 0.6 is 11.8 Å². The van der Waals surface area contributed by atoms with E-state index in [0.29, 0.717) is 16.1 Å². The van der Waals surface area contributed by atoms with E-state index in [1.165, 1.54) is 17.3 Å². The lowest BCUT2D eigenvalue weighted by atomic mass is 10.2. The first-order valence-corrected chi connectivity index (χ1v) is 13.2. The fourth-order valence-electron chi connectivity index (χ4n) is 5.13. The summed E-state index contributed by atoms with van der Waals surface area (Å²) >= 11 is 1.44. The van der Waals surface area contributed by atoms with Crippen molar-refractivity contribution in [1.82, 2.24) is 19.4 Å². The van der Waals surface area contributed by atoms with Crippen LogP contribution < -0.4 is 5.56 Å². The predicted molar refractivity (Wildman–Crippen MR) is 137 cm³/mol. The van der Waals surface area contributed by atoms with Crippen LogP contribution in [0.15, 0.2) is 64.5 Å². The summed E-state index contributed by atoms with van der Waals surface area (Å²) in [6.45, 7) is 6.08. The van der Waals surface area contributed by atoms with Crippen LogP contribution in [0.5, 0.6) is 0 Å². The lowest BCUT2D eigenvalue weighted by Gasteiger charge is -2.36. The van der Waals surface area contributed by atoms with Gasteiger partial charge in [0.1, 0.15) is 0 Å². The van der Waals surface area contributed by atoms with Crippen LogP contribution in [-0.4, -0.2) is 56.7 Å². The van der Waals surface area contributed by atoms with Crippen molar-refractivity contribution in [3.8, 4) is 0 Å². The van der Waals surface area contributed by atoms with Crippen LogP contribution in [0.2, 0.25) is 0 Å². The molecule has 2 aliphatic rings. The number of carbonyl (C=O) groups is 1. The molecule has 5 rings (SSSR count). The summed E-state index contributed by atoms with van der Waals surface area (Å²) in [4.78, 5) is 35.9. The van der Waals surface area contributed by atoms with Gasteiger partial charge >= 0.3 is 0 Å². The van der Waals surface area contributed by atoms with Gasteiger partial charge < -0.3 is 4.90 Å². The minimum Gasteiger partial charge on any atom is -0.339 e. The molecule has 34 heavy (non-hydrogen) atoms. The van der Waals surface area contributed by atoms with E-state index in [9.17, 15) is 9.59 Å². The molecule has 6 nitrogen and oxygen atoms in total. The lowest BCUT2D eigenvalue weighted by molar-refractivity contribution is -0.132. The van der Waals surface area contributed by atoms with Crippen LogP contribution in [0.3, 0.4) is 0 Å². The van der Waals surface area contributed by atoms with Gasteiger partial charge in [0.25, 0.3) is 5.56 Å². The summed E-state index contributed by atoms with van der Waals surface area (Å²) in [6.07, 6.45) is 4.27. The monoisotopic (exact) mass is 476 g/mol. The molecule has 2 heterocycles. The van der Waals surface area contributed by atoms with E-state index in [1.54, 1.807) is 0 Å². The quantitative estimate of drug-likeness (QED) is 0.391. The number of fused-ring (bicyclic) bond motifs is 1.